The predicted octanol–water partition coefficient (Wildman–Crippen LogP) is 2.21. The van der Waals surface area contributed by atoms with E-state index in [1.807, 2.05) is 24.3 Å². The Morgan fingerprint density at radius 3 is 2.90 bits per heavy atom. The molecule has 1 saturated heterocycles. The molecule has 1 aliphatic heterocycles. The standard InChI is InChI=1S/C16H18N2O3/c1-11(19)18-10-14(13-6-2-3-7-15(13)18)16(20)17-9-12-5-4-8-21-12/h2-3,6-7,10,12H,4-5,8-9H2,1H3,(H,17,20). The van der Waals surface area contributed by atoms with Gasteiger partial charge in [-0.2, -0.15) is 0 Å². The maximum atomic E-state index is 12.4. The summed E-state index contributed by atoms with van der Waals surface area (Å²) >= 11 is 0. The van der Waals surface area contributed by atoms with Gasteiger partial charge in [-0.15, -0.1) is 0 Å². The van der Waals surface area contributed by atoms with Gasteiger partial charge in [0.1, 0.15) is 0 Å². The van der Waals surface area contributed by atoms with Crippen molar-refractivity contribution in [3.63, 3.8) is 0 Å². The van der Waals surface area contributed by atoms with Gasteiger partial charge in [0, 0.05) is 31.7 Å². The van der Waals surface area contributed by atoms with Gasteiger partial charge in [-0.3, -0.25) is 14.2 Å². The van der Waals surface area contributed by atoms with Crippen LogP contribution in [0.5, 0.6) is 0 Å². The molecule has 3 rings (SSSR count). The Kier molecular flexibility index (Phi) is 3.75. The largest absolute Gasteiger partial charge is 0.376 e. The van der Waals surface area contributed by atoms with Gasteiger partial charge >= 0.3 is 0 Å². The van der Waals surface area contributed by atoms with Gasteiger partial charge in [-0.1, -0.05) is 18.2 Å². The maximum Gasteiger partial charge on any atom is 0.253 e. The van der Waals surface area contributed by atoms with Gasteiger partial charge in [0.05, 0.1) is 17.2 Å². The average Bonchev–Trinajstić information content (AvgIpc) is 3.12. The Balaban J connectivity index is 1.85. The molecule has 1 fully saturated rings. The number of fused-ring (bicyclic) bond motifs is 1. The second-order valence-electron chi connectivity index (χ2n) is 5.29. The summed E-state index contributed by atoms with van der Waals surface area (Å²) in [6, 6.07) is 7.42. The van der Waals surface area contributed by atoms with Gasteiger partial charge in [0.2, 0.25) is 5.91 Å². The van der Waals surface area contributed by atoms with Gasteiger partial charge in [0.15, 0.2) is 0 Å². The van der Waals surface area contributed by atoms with Crippen molar-refractivity contribution in [3.8, 4) is 0 Å². The minimum absolute atomic E-state index is 0.107. The van der Waals surface area contributed by atoms with E-state index < -0.39 is 0 Å². The van der Waals surface area contributed by atoms with Crippen molar-refractivity contribution in [2.45, 2.75) is 25.9 Å². The first-order valence-electron chi connectivity index (χ1n) is 7.17. The zero-order valence-electron chi connectivity index (χ0n) is 12.0. The molecule has 1 aliphatic rings. The molecule has 1 amide bonds. The first-order chi connectivity index (χ1) is 10.2. The van der Waals surface area contributed by atoms with Crippen LogP contribution in [0.2, 0.25) is 0 Å². The number of ether oxygens (including phenoxy) is 1. The van der Waals surface area contributed by atoms with E-state index >= 15 is 0 Å². The molecule has 5 nitrogen and oxygen atoms in total. The fourth-order valence-electron chi connectivity index (χ4n) is 2.73. The van der Waals surface area contributed by atoms with Crippen molar-refractivity contribution >= 4 is 22.7 Å². The second kappa shape index (κ2) is 5.69. The first-order valence-corrected chi connectivity index (χ1v) is 7.17. The van der Waals surface area contributed by atoms with E-state index in [0.29, 0.717) is 12.1 Å². The summed E-state index contributed by atoms with van der Waals surface area (Å²) < 4.78 is 7.01. The number of hydrogen-bond donors (Lipinski definition) is 1. The number of carbonyl (C=O) groups excluding carboxylic acids is 2. The van der Waals surface area contributed by atoms with E-state index in [0.717, 1.165) is 30.4 Å². The highest BCUT2D eigenvalue weighted by Gasteiger charge is 2.19. The molecule has 110 valence electrons. The summed E-state index contributed by atoms with van der Waals surface area (Å²) in [4.78, 5) is 24.0. The number of nitrogens with zero attached hydrogens (tertiary/aromatic N) is 1. The van der Waals surface area contributed by atoms with Crippen molar-refractivity contribution in [1.29, 1.82) is 0 Å². The SMILES string of the molecule is CC(=O)n1cc(C(=O)NCC2CCCO2)c2ccccc21. The topological polar surface area (TPSA) is 60.3 Å². The Bertz CT molecular complexity index is 684. The monoisotopic (exact) mass is 286 g/mol. The number of amides is 1. The second-order valence-corrected chi connectivity index (χ2v) is 5.29. The van der Waals surface area contributed by atoms with Crippen LogP contribution in [0.4, 0.5) is 0 Å². The number of benzene rings is 1. The molecule has 0 saturated carbocycles. The highest BCUT2D eigenvalue weighted by atomic mass is 16.5. The van der Waals surface area contributed by atoms with E-state index in [1.165, 1.54) is 11.5 Å². The van der Waals surface area contributed by atoms with Crippen LogP contribution in [0.3, 0.4) is 0 Å². The molecule has 1 aromatic heterocycles. The van der Waals surface area contributed by atoms with Gasteiger partial charge in [0.25, 0.3) is 5.91 Å². The zero-order valence-corrected chi connectivity index (χ0v) is 12.0. The molecule has 1 unspecified atom stereocenters. The van der Waals surface area contributed by atoms with Gasteiger partial charge in [-0.05, 0) is 18.9 Å². The highest BCUT2D eigenvalue weighted by Crippen LogP contribution is 2.21. The molecule has 0 radical (unpaired) electrons. The number of hydrogen-bond acceptors (Lipinski definition) is 3. The summed E-state index contributed by atoms with van der Waals surface area (Å²) in [6.07, 6.45) is 3.74. The fourth-order valence-corrected chi connectivity index (χ4v) is 2.73. The van der Waals surface area contributed by atoms with Crippen molar-refractivity contribution < 1.29 is 14.3 Å². The maximum absolute atomic E-state index is 12.4. The molecule has 0 spiro atoms. The molecule has 5 heteroatoms. The quantitative estimate of drug-likeness (QED) is 0.941. The minimum atomic E-state index is -0.165. The van der Waals surface area contributed by atoms with Crippen LogP contribution < -0.4 is 5.32 Å². The van der Waals surface area contributed by atoms with Crippen molar-refractivity contribution in [1.82, 2.24) is 9.88 Å². The molecular formula is C16H18N2O3. The number of nitrogens with one attached hydrogen (secondary N) is 1. The molecule has 1 atom stereocenters. The third-order valence-electron chi connectivity index (χ3n) is 3.81. The van der Waals surface area contributed by atoms with E-state index in [2.05, 4.69) is 5.32 Å². The summed E-state index contributed by atoms with van der Waals surface area (Å²) in [6.45, 7) is 2.77. The lowest BCUT2D eigenvalue weighted by Gasteiger charge is -2.10. The molecule has 1 aromatic carbocycles. The van der Waals surface area contributed by atoms with Crippen LogP contribution in [0, 0.1) is 0 Å². The lowest BCUT2D eigenvalue weighted by atomic mass is 10.1. The molecule has 2 heterocycles. The van der Waals surface area contributed by atoms with E-state index in [9.17, 15) is 9.59 Å². The summed E-state index contributed by atoms with van der Waals surface area (Å²) in [7, 11) is 0. The molecule has 0 aliphatic carbocycles. The molecular weight excluding hydrogens is 268 g/mol. The van der Waals surface area contributed by atoms with E-state index in [-0.39, 0.29) is 17.9 Å². The Morgan fingerprint density at radius 2 is 2.19 bits per heavy atom. The molecule has 1 N–H and O–H groups in total. The van der Waals surface area contributed by atoms with E-state index in [1.54, 1.807) is 6.20 Å². The van der Waals surface area contributed by atoms with Gasteiger partial charge < -0.3 is 10.1 Å². The van der Waals surface area contributed by atoms with Crippen LogP contribution in [-0.4, -0.2) is 35.6 Å². The number of carbonyl (C=O) groups is 2. The Labute approximate surface area is 122 Å². The lowest BCUT2D eigenvalue weighted by molar-refractivity contribution is 0.0859. The van der Waals surface area contributed by atoms with Crippen LogP contribution in [0.25, 0.3) is 10.9 Å². The fraction of sp³-hybridized carbons (Fsp3) is 0.375. The van der Waals surface area contributed by atoms with Crippen LogP contribution in [0.15, 0.2) is 30.5 Å². The van der Waals surface area contributed by atoms with Crippen molar-refractivity contribution in [3.05, 3.63) is 36.0 Å². The van der Waals surface area contributed by atoms with E-state index in [4.69, 9.17) is 4.74 Å². The summed E-state index contributed by atoms with van der Waals surface area (Å²) in [5, 5.41) is 3.69. The summed E-state index contributed by atoms with van der Waals surface area (Å²) in [5.41, 5.74) is 1.28. The normalized spacial score (nSPS) is 18.0. The molecule has 21 heavy (non-hydrogen) atoms. The molecule has 2 aromatic rings. The average molecular weight is 286 g/mol. The minimum Gasteiger partial charge on any atom is -0.376 e. The van der Waals surface area contributed by atoms with Crippen LogP contribution >= 0.6 is 0 Å². The van der Waals surface area contributed by atoms with Crippen LogP contribution in [0.1, 0.15) is 34.9 Å². The first kappa shape index (κ1) is 13.8. The van der Waals surface area contributed by atoms with Gasteiger partial charge in [-0.25, -0.2) is 0 Å². The lowest BCUT2D eigenvalue weighted by Crippen LogP contribution is -2.31. The Hall–Kier alpha value is -2.14. The summed E-state index contributed by atoms with van der Waals surface area (Å²) in [5.74, 6) is -0.272. The predicted molar refractivity (Wildman–Crippen MR) is 79.5 cm³/mol. The number of para-hydroxylation sites is 1. The molecule has 0 bridgehead atoms. The third kappa shape index (κ3) is 2.69. The smallest absolute Gasteiger partial charge is 0.253 e. The highest BCUT2D eigenvalue weighted by molar-refractivity contribution is 6.09. The number of rotatable bonds is 3. The van der Waals surface area contributed by atoms with Crippen molar-refractivity contribution in [2.75, 3.05) is 13.2 Å². The van der Waals surface area contributed by atoms with Crippen LogP contribution in [-0.2, 0) is 4.74 Å². The number of aromatic nitrogens is 1. The van der Waals surface area contributed by atoms with Crippen molar-refractivity contribution in [2.24, 2.45) is 0 Å². The third-order valence-corrected chi connectivity index (χ3v) is 3.81. The zero-order chi connectivity index (χ0) is 14.8. The Morgan fingerprint density at radius 1 is 1.38 bits per heavy atom.